The second-order valence-corrected chi connectivity index (χ2v) is 5.32. The van der Waals surface area contributed by atoms with Gasteiger partial charge in [-0.1, -0.05) is 5.16 Å². The zero-order valence-corrected chi connectivity index (χ0v) is 14.1. The predicted octanol–water partition coefficient (Wildman–Crippen LogP) is 2.80. The van der Waals surface area contributed by atoms with Gasteiger partial charge in [0.15, 0.2) is 5.82 Å². The Labute approximate surface area is 141 Å². The molecule has 1 aromatic heterocycles. The smallest absolute Gasteiger partial charge is 0.235 e. The first-order valence-electron chi connectivity index (χ1n) is 7.89. The van der Waals surface area contributed by atoms with Gasteiger partial charge in [-0.05, 0) is 45.0 Å². The predicted molar refractivity (Wildman–Crippen MR) is 93.1 cm³/mol. The minimum atomic E-state index is -0.444. The molecule has 0 aliphatic rings. The third kappa shape index (κ3) is 4.84. The molecule has 0 unspecified atom stereocenters. The van der Waals surface area contributed by atoms with Gasteiger partial charge in [0.1, 0.15) is 12.2 Å². The van der Waals surface area contributed by atoms with E-state index in [-0.39, 0.29) is 12.3 Å². The first-order valence-corrected chi connectivity index (χ1v) is 7.89. The van der Waals surface area contributed by atoms with Crippen LogP contribution in [0.3, 0.4) is 0 Å². The summed E-state index contributed by atoms with van der Waals surface area (Å²) in [4.78, 5) is 25.9. The van der Waals surface area contributed by atoms with Crippen molar-refractivity contribution in [1.82, 2.24) is 5.16 Å². The van der Waals surface area contributed by atoms with Crippen molar-refractivity contribution in [3.8, 4) is 0 Å². The van der Waals surface area contributed by atoms with Crippen molar-refractivity contribution < 1.29 is 14.1 Å². The van der Waals surface area contributed by atoms with Crippen molar-refractivity contribution in [2.24, 2.45) is 0 Å². The number of amides is 2. The van der Waals surface area contributed by atoms with E-state index < -0.39 is 5.91 Å². The number of benzene rings is 1. The molecule has 2 rings (SSSR count). The number of aryl methyl sites for hydroxylation is 1. The van der Waals surface area contributed by atoms with Crippen molar-refractivity contribution in [1.29, 1.82) is 0 Å². The number of anilines is 3. The quantitative estimate of drug-likeness (QED) is 0.762. The van der Waals surface area contributed by atoms with Crippen LogP contribution in [0.15, 0.2) is 34.9 Å². The van der Waals surface area contributed by atoms with Crippen LogP contribution in [0.1, 0.15) is 26.0 Å². The molecule has 7 nitrogen and oxygen atoms in total. The average Bonchev–Trinajstić information content (AvgIpc) is 2.94. The van der Waals surface area contributed by atoms with Gasteiger partial charge < -0.3 is 20.1 Å². The summed E-state index contributed by atoms with van der Waals surface area (Å²) in [5.41, 5.74) is 1.75. The van der Waals surface area contributed by atoms with Crippen LogP contribution in [0, 0.1) is 6.92 Å². The number of nitrogens with one attached hydrogen (secondary N) is 2. The van der Waals surface area contributed by atoms with Crippen molar-refractivity contribution in [2.45, 2.75) is 27.2 Å². The van der Waals surface area contributed by atoms with E-state index >= 15 is 0 Å². The lowest BCUT2D eigenvalue weighted by atomic mass is 10.2. The standard InChI is InChI=1S/C17H22N4O3/c1-4-21(5-2)14-8-6-13(7-9-14)18-16(22)11-17(23)19-15-10-12(3)24-20-15/h6-10H,4-5,11H2,1-3H3,(H,18,22)(H,19,20,23). The fourth-order valence-corrected chi connectivity index (χ4v) is 2.31. The van der Waals surface area contributed by atoms with Crippen molar-refractivity contribution in [3.63, 3.8) is 0 Å². The number of hydrogen-bond donors (Lipinski definition) is 2. The molecule has 24 heavy (non-hydrogen) atoms. The maximum atomic E-state index is 11.9. The van der Waals surface area contributed by atoms with Gasteiger partial charge >= 0.3 is 0 Å². The van der Waals surface area contributed by atoms with Crippen LogP contribution in [0.25, 0.3) is 0 Å². The molecule has 0 aliphatic carbocycles. The van der Waals surface area contributed by atoms with Crippen LogP contribution in [-0.4, -0.2) is 30.1 Å². The average molecular weight is 330 g/mol. The van der Waals surface area contributed by atoms with Crippen LogP contribution >= 0.6 is 0 Å². The van der Waals surface area contributed by atoms with Crippen molar-refractivity contribution in [2.75, 3.05) is 28.6 Å². The number of rotatable bonds is 7. The summed E-state index contributed by atoms with van der Waals surface area (Å²) in [5, 5.41) is 8.86. The van der Waals surface area contributed by atoms with Gasteiger partial charge in [-0.15, -0.1) is 0 Å². The fourth-order valence-electron chi connectivity index (χ4n) is 2.31. The Hall–Kier alpha value is -2.83. The first kappa shape index (κ1) is 17.5. The lowest BCUT2D eigenvalue weighted by molar-refractivity contribution is -0.123. The Morgan fingerprint density at radius 2 is 1.71 bits per heavy atom. The lowest BCUT2D eigenvalue weighted by Gasteiger charge is -2.21. The van der Waals surface area contributed by atoms with Crippen LogP contribution < -0.4 is 15.5 Å². The molecule has 0 saturated heterocycles. The molecule has 2 aromatic rings. The molecule has 0 spiro atoms. The van der Waals surface area contributed by atoms with Crippen molar-refractivity contribution >= 4 is 29.0 Å². The number of aromatic nitrogens is 1. The number of hydrogen-bond acceptors (Lipinski definition) is 5. The third-order valence-corrected chi connectivity index (χ3v) is 3.50. The molecule has 0 fully saturated rings. The number of carbonyl (C=O) groups is 2. The van der Waals surface area contributed by atoms with E-state index in [9.17, 15) is 9.59 Å². The summed E-state index contributed by atoms with van der Waals surface area (Å²) in [6.07, 6.45) is -0.288. The highest BCUT2D eigenvalue weighted by molar-refractivity contribution is 6.07. The molecule has 1 aromatic carbocycles. The van der Waals surface area contributed by atoms with Gasteiger partial charge in [-0.2, -0.15) is 0 Å². The third-order valence-electron chi connectivity index (χ3n) is 3.50. The zero-order chi connectivity index (χ0) is 17.5. The molecule has 7 heteroatoms. The molecule has 128 valence electrons. The zero-order valence-electron chi connectivity index (χ0n) is 14.1. The summed E-state index contributed by atoms with van der Waals surface area (Å²) in [6, 6.07) is 9.12. The number of carbonyl (C=O) groups excluding carboxylic acids is 2. The fraction of sp³-hybridized carbons (Fsp3) is 0.353. The van der Waals surface area contributed by atoms with Crippen molar-refractivity contribution in [3.05, 3.63) is 36.1 Å². The first-order chi connectivity index (χ1) is 11.5. The van der Waals surface area contributed by atoms with E-state index in [4.69, 9.17) is 4.52 Å². The van der Waals surface area contributed by atoms with E-state index in [1.165, 1.54) is 0 Å². The van der Waals surface area contributed by atoms with Gasteiger partial charge in [0.25, 0.3) is 0 Å². The molecular weight excluding hydrogens is 308 g/mol. The van der Waals surface area contributed by atoms with Gasteiger partial charge in [-0.25, -0.2) is 0 Å². The largest absolute Gasteiger partial charge is 0.372 e. The molecule has 2 amide bonds. The Bertz CT molecular complexity index is 690. The highest BCUT2D eigenvalue weighted by Gasteiger charge is 2.12. The SMILES string of the molecule is CCN(CC)c1ccc(NC(=O)CC(=O)Nc2cc(C)on2)cc1. The van der Waals surface area contributed by atoms with Crippen LogP contribution in [0.5, 0.6) is 0 Å². The van der Waals surface area contributed by atoms with Gasteiger partial charge in [0.05, 0.1) is 0 Å². The van der Waals surface area contributed by atoms with Gasteiger partial charge in [0.2, 0.25) is 11.8 Å². The summed E-state index contributed by atoms with van der Waals surface area (Å²) in [6.45, 7) is 7.74. The maximum Gasteiger partial charge on any atom is 0.235 e. The normalized spacial score (nSPS) is 10.3. The summed E-state index contributed by atoms with van der Waals surface area (Å²) in [7, 11) is 0. The molecule has 0 atom stereocenters. The Balaban J connectivity index is 1.86. The van der Waals surface area contributed by atoms with E-state index in [0.29, 0.717) is 17.3 Å². The van der Waals surface area contributed by atoms with E-state index in [2.05, 4.69) is 34.5 Å². The van der Waals surface area contributed by atoms with E-state index in [0.717, 1.165) is 18.8 Å². The summed E-state index contributed by atoms with van der Waals surface area (Å²) < 4.78 is 4.85. The molecular formula is C17H22N4O3. The van der Waals surface area contributed by atoms with Gasteiger partial charge in [0, 0.05) is 30.5 Å². The highest BCUT2D eigenvalue weighted by Crippen LogP contribution is 2.18. The molecule has 2 N–H and O–H groups in total. The molecule has 0 saturated carbocycles. The highest BCUT2D eigenvalue weighted by atomic mass is 16.5. The minimum absolute atomic E-state index is 0.288. The minimum Gasteiger partial charge on any atom is -0.372 e. The van der Waals surface area contributed by atoms with E-state index in [1.807, 2.05) is 24.3 Å². The monoisotopic (exact) mass is 330 g/mol. The topological polar surface area (TPSA) is 87.5 Å². The van der Waals surface area contributed by atoms with Crippen LogP contribution in [0.2, 0.25) is 0 Å². The number of nitrogens with zero attached hydrogens (tertiary/aromatic N) is 2. The Kier molecular flexibility index (Phi) is 5.95. The molecule has 0 aliphatic heterocycles. The molecule has 1 heterocycles. The lowest BCUT2D eigenvalue weighted by Crippen LogP contribution is -2.22. The molecule has 0 radical (unpaired) electrons. The summed E-state index contributed by atoms with van der Waals surface area (Å²) in [5.74, 6) is 0.0563. The molecule has 0 bridgehead atoms. The van der Waals surface area contributed by atoms with E-state index in [1.54, 1.807) is 13.0 Å². The van der Waals surface area contributed by atoms with Gasteiger partial charge in [-0.3, -0.25) is 9.59 Å². The Morgan fingerprint density at radius 1 is 1.08 bits per heavy atom. The second-order valence-electron chi connectivity index (χ2n) is 5.32. The summed E-state index contributed by atoms with van der Waals surface area (Å²) >= 11 is 0. The van der Waals surface area contributed by atoms with Crippen LogP contribution in [0.4, 0.5) is 17.2 Å². The Morgan fingerprint density at radius 3 is 2.25 bits per heavy atom. The second kappa shape index (κ2) is 8.14. The van der Waals surface area contributed by atoms with Crippen LogP contribution in [-0.2, 0) is 9.59 Å². The maximum absolute atomic E-state index is 11.9.